The molecule has 3 aromatic carbocycles. The van der Waals surface area contributed by atoms with Crippen LogP contribution < -0.4 is 0 Å². The van der Waals surface area contributed by atoms with E-state index in [1.165, 1.54) is 0 Å². The summed E-state index contributed by atoms with van der Waals surface area (Å²) < 4.78 is 6.02. The fourth-order valence-corrected chi connectivity index (χ4v) is 3.80. The SMILES string of the molecule is c1cnc2cc(-c3cc4cc(-c5cc6ccccc6o5)ccc4[nH]3)ccc2c1. The largest absolute Gasteiger partial charge is 0.456 e. The molecule has 3 heterocycles. The molecule has 0 fully saturated rings. The molecule has 0 bridgehead atoms. The Morgan fingerprint density at radius 1 is 0.679 bits per heavy atom. The second kappa shape index (κ2) is 5.83. The first-order valence-corrected chi connectivity index (χ1v) is 9.30. The van der Waals surface area contributed by atoms with E-state index in [1.807, 2.05) is 30.5 Å². The summed E-state index contributed by atoms with van der Waals surface area (Å²) in [7, 11) is 0. The lowest BCUT2D eigenvalue weighted by Gasteiger charge is -2.00. The molecule has 0 unspecified atom stereocenters. The molecule has 0 aliphatic heterocycles. The summed E-state index contributed by atoms with van der Waals surface area (Å²) in [6.45, 7) is 0. The molecule has 3 nitrogen and oxygen atoms in total. The highest BCUT2D eigenvalue weighted by molar-refractivity contribution is 5.92. The molecule has 0 amide bonds. The molecule has 0 radical (unpaired) electrons. The first kappa shape index (κ1) is 15.2. The molecule has 0 aliphatic rings. The summed E-state index contributed by atoms with van der Waals surface area (Å²) in [5.74, 6) is 0.890. The molecule has 3 heteroatoms. The third-order valence-corrected chi connectivity index (χ3v) is 5.25. The van der Waals surface area contributed by atoms with Crippen molar-refractivity contribution in [1.29, 1.82) is 0 Å². The predicted molar refractivity (Wildman–Crippen MR) is 114 cm³/mol. The highest BCUT2D eigenvalue weighted by Gasteiger charge is 2.09. The van der Waals surface area contributed by atoms with Gasteiger partial charge in [-0.15, -0.1) is 0 Å². The standard InChI is InChI=1S/C25H16N2O/c1-2-6-24-18(4-1)15-25(28-24)19-9-10-21-20(12-19)14-23(27-21)17-8-7-16-5-3-11-26-22(16)13-17/h1-15,27H. The topological polar surface area (TPSA) is 41.8 Å². The smallest absolute Gasteiger partial charge is 0.135 e. The fourth-order valence-electron chi connectivity index (χ4n) is 3.80. The quantitative estimate of drug-likeness (QED) is 0.369. The Hall–Kier alpha value is -3.85. The van der Waals surface area contributed by atoms with Crippen molar-refractivity contribution in [2.24, 2.45) is 0 Å². The highest BCUT2D eigenvalue weighted by atomic mass is 16.3. The minimum absolute atomic E-state index is 0.890. The van der Waals surface area contributed by atoms with Gasteiger partial charge >= 0.3 is 0 Å². The molecule has 0 saturated heterocycles. The van der Waals surface area contributed by atoms with Crippen molar-refractivity contribution in [3.8, 4) is 22.6 Å². The first-order chi connectivity index (χ1) is 13.8. The molecule has 132 valence electrons. The van der Waals surface area contributed by atoms with Gasteiger partial charge in [0.05, 0.1) is 5.52 Å². The van der Waals surface area contributed by atoms with Gasteiger partial charge in [0.25, 0.3) is 0 Å². The fraction of sp³-hybridized carbons (Fsp3) is 0. The zero-order valence-electron chi connectivity index (χ0n) is 15.0. The number of pyridine rings is 1. The summed E-state index contributed by atoms with van der Waals surface area (Å²) in [5, 5.41) is 3.43. The number of aromatic nitrogens is 2. The van der Waals surface area contributed by atoms with E-state index in [0.717, 1.165) is 55.4 Å². The van der Waals surface area contributed by atoms with Crippen LogP contribution in [0.5, 0.6) is 0 Å². The van der Waals surface area contributed by atoms with E-state index in [0.29, 0.717) is 0 Å². The summed E-state index contributed by atoms with van der Waals surface area (Å²) in [6, 6.07) is 29.2. The number of H-pyrrole nitrogens is 1. The van der Waals surface area contributed by atoms with Crippen LogP contribution in [-0.4, -0.2) is 9.97 Å². The maximum absolute atomic E-state index is 6.02. The number of hydrogen-bond acceptors (Lipinski definition) is 2. The number of rotatable bonds is 2. The van der Waals surface area contributed by atoms with Gasteiger partial charge in [-0.25, -0.2) is 0 Å². The van der Waals surface area contributed by atoms with Gasteiger partial charge in [-0.1, -0.05) is 36.4 Å². The summed E-state index contributed by atoms with van der Waals surface area (Å²) in [6.07, 6.45) is 1.83. The van der Waals surface area contributed by atoms with Crippen LogP contribution in [0.3, 0.4) is 0 Å². The maximum Gasteiger partial charge on any atom is 0.135 e. The predicted octanol–water partition coefficient (Wildman–Crippen LogP) is 6.80. The van der Waals surface area contributed by atoms with Gasteiger partial charge in [-0.3, -0.25) is 4.98 Å². The van der Waals surface area contributed by atoms with Gasteiger partial charge in [0.2, 0.25) is 0 Å². The van der Waals surface area contributed by atoms with E-state index >= 15 is 0 Å². The Balaban J connectivity index is 1.45. The van der Waals surface area contributed by atoms with Crippen LogP contribution in [0.4, 0.5) is 0 Å². The van der Waals surface area contributed by atoms with Crippen LogP contribution >= 0.6 is 0 Å². The van der Waals surface area contributed by atoms with Crippen molar-refractivity contribution in [2.75, 3.05) is 0 Å². The number of furan rings is 1. The van der Waals surface area contributed by atoms with Crippen LogP contribution in [0.25, 0.3) is 55.4 Å². The molecular formula is C25H16N2O. The molecule has 0 aliphatic carbocycles. The Labute approximate surface area is 161 Å². The molecule has 0 atom stereocenters. The first-order valence-electron chi connectivity index (χ1n) is 9.30. The van der Waals surface area contributed by atoms with Crippen molar-refractivity contribution in [3.63, 3.8) is 0 Å². The zero-order valence-corrected chi connectivity index (χ0v) is 15.0. The molecule has 3 aromatic heterocycles. The lowest BCUT2D eigenvalue weighted by Crippen LogP contribution is -1.81. The van der Waals surface area contributed by atoms with Gasteiger partial charge in [-0.05, 0) is 48.5 Å². The normalized spacial score (nSPS) is 11.6. The minimum atomic E-state index is 0.890. The van der Waals surface area contributed by atoms with Gasteiger partial charge < -0.3 is 9.40 Å². The third-order valence-electron chi connectivity index (χ3n) is 5.25. The summed E-state index contributed by atoms with van der Waals surface area (Å²) >= 11 is 0. The maximum atomic E-state index is 6.02. The second-order valence-electron chi connectivity index (χ2n) is 7.04. The Morgan fingerprint density at radius 3 is 2.54 bits per heavy atom. The van der Waals surface area contributed by atoms with E-state index in [1.54, 1.807) is 0 Å². The molecule has 0 saturated carbocycles. The minimum Gasteiger partial charge on any atom is -0.456 e. The molecule has 1 N–H and O–H groups in total. The van der Waals surface area contributed by atoms with E-state index in [9.17, 15) is 0 Å². The van der Waals surface area contributed by atoms with Crippen LogP contribution in [0, 0.1) is 0 Å². The Kier molecular flexibility index (Phi) is 3.17. The molecule has 28 heavy (non-hydrogen) atoms. The van der Waals surface area contributed by atoms with Crippen molar-refractivity contribution in [1.82, 2.24) is 9.97 Å². The van der Waals surface area contributed by atoms with Gasteiger partial charge in [0.1, 0.15) is 11.3 Å². The van der Waals surface area contributed by atoms with Crippen molar-refractivity contribution < 1.29 is 4.42 Å². The molecule has 0 spiro atoms. The number of fused-ring (bicyclic) bond motifs is 3. The van der Waals surface area contributed by atoms with Gasteiger partial charge in [0.15, 0.2) is 0 Å². The van der Waals surface area contributed by atoms with E-state index in [-0.39, 0.29) is 0 Å². The molecule has 6 aromatic rings. The zero-order chi connectivity index (χ0) is 18.5. The van der Waals surface area contributed by atoms with Gasteiger partial charge in [-0.2, -0.15) is 0 Å². The Morgan fingerprint density at radius 2 is 1.57 bits per heavy atom. The van der Waals surface area contributed by atoms with Crippen LogP contribution in [0.2, 0.25) is 0 Å². The number of aromatic amines is 1. The van der Waals surface area contributed by atoms with Crippen LogP contribution in [0.1, 0.15) is 0 Å². The molecular weight excluding hydrogens is 344 g/mol. The van der Waals surface area contributed by atoms with Crippen molar-refractivity contribution in [2.45, 2.75) is 0 Å². The summed E-state index contributed by atoms with van der Waals surface area (Å²) in [4.78, 5) is 7.99. The number of benzene rings is 3. The molecule has 6 rings (SSSR count). The highest BCUT2D eigenvalue weighted by Crippen LogP contribution is 2.32. The number of nitrogens with one attached hydrogen (secondary N) is 1. The van der Waals surface area contributed by atoms with E-state index in [2.05, 4.69) is 70.6 Å². The number of hydrogen-bond donors (Lipinski definition) is 1. The number of para-hydroxylation sites is 1. The van der Waals surface area contributed by atoms with Crippen LogP contribution in [-0.2, 0) is 0 Å². The number of nitrogens with zero attached hydrogens (tertiary/aromatic N) is 1. The van der Waals surface area contributed by atoms with Gasteiger partial charge in [0, 0.05) is 44.7 Å². The monoisotopic (exact) mass is 360 g/mol. The lowest BCUT2D eigenvalue weighted by atomic mass is 10.1. The average molecular weight is 360 g/mol. The lowest BCUT2D eigenvalue weighted by molar-refractivity contribution is 0.631. The van der Waals surface area contributed by atoms with E-state index < -0.39 is 0 Å². The Bertz CT molecular complexity index is 1440. The second-order valence-corrected chi connectivity index (χ2v) is 7.04. The summed E-state index contributed by atoms with van der Waals surface area (Å²) in [5.41, 5.74) is 6.32. The van der Waals surface area contributed by atoms with Crippen molar-refractivity contribution >= 4 is 32.8 Å². The van der Waals surface area contributed by atoms with Crippen molar-refractivity contribution in [3.05, 3.63) is 91.1 Å². The van der Waals surface area contributed by atoms with Crippen LogP contribution in [0.15, 0.2) is 95.5 Å². The third kappa shape index (κ3) is 2.41. The average Bonchev–Trinajstić information content (AvgIpc) is 3.37. The van der Waals surface area contributed by atoms with E-state index in [4.69, 9.17) is 4.42 Å².